The Kier molecular flexibility index (Phi) is 1.74. The number of para-hydroxylation sites is 1. The van der Waals surface area contributed by atoms with Crippen LogP contribution in [-0.4, -0.2) is 11.5 Å². The highest BCUT2D eigenvalue weighted by atomic mass is 15.0. The van der Waals surface area contributed by atoms with Crippen molar-refractivity contribution in [2.75, 3.05) is 6.54 Å². The van der Waals surface area contributed by atoms with Gasteiger partial charge in [0.15, 0.2) is 0 Å². The summed E-state index contributed by atoms with van der Waals surface area (Å²) in [5, 5.41) is 4.71. The fraction of sp³-hybridized carbons (Fsp3) is 0.250. The van der Waals surface area contributed by atoms with Crippen molar-refractivity contribution in [3.05, 3.63) is 42.1 Å². The van der Waals surface area contributed by atoms with E-state index in [1.165, 1.54) is 17.4 Å². The monoisotopic (exact) mass is 184 g/mol. The Morgan fingerprint density at radius 2 is 2.07 bits per heavy atom. The van der Waals surface area contributed by atoms with E-state index in [1.807, 2.05) is 12.3 Å². The summed E-state index contributed by atoms with van der Waals surface area (Å²) in [6, 6.07) is 11.0. The van der Waals surface area contributed by atoms with Crippen molar-refractivity contribution in [3.63, 3.8) is 0 Å². The van der Waals surface area contributed by atoms with E-state index in [-0.39, 0.29) is 0 Å². The molecule has 1 N–H and O–H groups in total. The third-order valence-corrected chi connectivity index (χ3v) is 2.88. The van der Waals surface area contributed by atoms with Gasteiger partial charge in [0.25, 0.3) is 0 Å². The Morgan fingerprint density at radius 1 is 1.21 bits per heavy atom. The molecule has 2 nitrogen and oxygen atoms in total. The van der Waals surface area contributed by atoms with Crippen LogP contribution < -0.4 is 5.32 Å². The minimum absolute atomic E-state index is 0.544. The van der Waals surface area contributed by atoms with Crippen molar-refractivity contribution in [2.45, 2.75) is 12.5 Å². The lowest BCUT2D eigenvalue weighted by Gasteiger charge is -2.28. The van der Waals surface area contributed by atoms with Gasteiger partial charge in [-0.3, -0.25) is 4.98 Å². The van der Waals surface area contributed by atoms with Gasteiger partial charge in [-0.2, -0.15) is 0 Å². The predicted molar refractivity (Wildman–Crippen MR) is 57.1 cm³/mol. The molecule has 1 fully saturated rings. The van der Waals surface area contributed by atoms with Gasteiger partial charge in [-0.1, -0.05) is 18.2 Å². The molecule has 0 aliphatic carbocycles. The zero-order valence-electron chi connectivity index (χ0n) is 7.90. The molecule has 14 heavy (non-hydrogen) atoms. The molecule has 2 heterocycles. The van der Waals surface area contributed by atoms with Crippen LogP contribution in [-0.2, 0) is 0 Å². The number of pyridine rings is 1. The molecule has 2 heteroatoms. The van der Waals surface area contributed by atoms with Crippen LogP contribution in [0, 0.1) is 0 Å². The van der Waals surface area contributed by atoms with Gasteiger partial charge in [0, 0.05) is 17.6 Å². The molecule has 0 unspecified atom stereocenters. The van der Waals surface area contributed by atoms with Gasteiger partial charge >= 0.3 is 0 Å². The first-order valence-corrected chi connectivity index (χ1v) is 5.02. The van der Waals surface area contributed by atoms with Crippen LogP contribution in [0.4, 0.5) is 0 Å². The van der Waals surface area contributed by atoms with Gasteiger partial charge in [0.1, 0.15) is 0 Å². The van der Waals surface area contributed by atoms with E-state index in [2.05, 4.69) is 34.6 Å². The molecule has 0 saturated carbocycles. The molecule has 2 aromatic rings. The van der Waals surface area contributed by atoms with Gasteiger partial charge < -0.3 is 5.32 Å². The molecule has 1 aromatic carbocycles. The highest BCUT2D eigenvalue weighted by molar-refractivity contribution is 5.82. The van der Waals surface area contributed by atoms with E-state index in [4.69, 9.17) is 0 Å². The molecule has 1 aromatic heterocycles. The number of fused-ring (bicyclic) bond motifs is 1. The standard InChI is InChI=1S/C12H12N2/c1-2-4-11-9(3-1)10(5-7-13-11)12-6-8-14-12/h1-5,7,12,14H,6,8H2/t12-/m1/s1. The normalized spacial score (nSPS) is 20.7. The summed E-state index contributed by atoms with van der Waals surface area (Å²) in [6.45, 7) is 1.14. The maximum Gasteiger partial charge on any atom is 0.0705 e. The van der Waals surface area contributed by atoms with Crippen LogP contribution >= 0.6 is 0 Å². The first-order chi connectivity index (χ1) is 6.95. The Bertz CT molecular complexity index is 455. The Balaban J connectivity index is 2.22. The van der Waals surface area contributed by atoms with E-state index in [0.29, 0.717) is 6.04 Å². The molecule has 3 rings (SSSR count). The minimum atomic E-state index is 0.544. The molecule has 1 aliphatic rings. The fourth-order valence-corrected chi connectivity index (χ4v) is 1.98. The topological polar surface area (TPSA) is 24.9 Å². The van der Waals surface area contributed by atoms with Crippen molar-refractivity contribution in [1.29, 1.82) is 0 Å². The second-order valence-corrected chi connectivity index (χ2v) is 3.71. The van der Waals surface area contributed by atoms with Crippen LogP contribution in [0.5, 0.6) is 0 Å². The summed E-state index contributed by atoms with van der Waals surface area (Å²) in [5.74, 6) is 0. The van der Waals surface area contributed by atoms with Gasteiger partial charge in [0.05, 0.1) is 5.52 Å². The van der Waals surface area contributed by atoms with E-state index in [9.17, 15) is 0 Å². The molecular formula is C12H12N2. The number of nitrogens with one attached hydrogen (secondary N) is 1. The molecule has 0 spiro atoms. The zero-order valence-corrected chi connectivity index (χ0v) is 7.90. The SMILES string of the molecule is c1ccc2c([C@H]3CCN3)ccnc2c1. The van der Waals surface area contributed by atoms with Gasteiger partial charge in [-0.05, 0) is 30.7 Å². The lowest BCUT2D eigenvalue weighted by atomic mass is 9.95. The average molecular weight is 184 g/mol. The summed E-state index contributed by atoms with van der Waals surface area (Å²) in [4.78, 5) is 4.35. The molecular weight excluding hydrogens is 172 g/mol. The van der Waals surface area contributed by atoms with Crippen LogP contribution in [0.2, 0.25) is 0 Å². The predicted octanol–water partition coefficient (Wildman–Crippen LogP) is 2.27. The van der Waals surface area contributed by atoms with Crippen LogP contribution in [0.3, 0.4) is 0 Å². The Labute approximate surface area is 83.0 Å². The number of rotatable bonds is 1. The van der Waals surface area contributed by atoms with Gasteiger partial charge in [-0.15, -0.1) is 0 Å². The first kappa shape index (κ1) is 7.94. The lowest BCUT2D eigenvalue weighted by Crippen LogP contribution is -2.35. The molecule has 70 valence electrons. The molecule has 1 aliphatic heterocycles. The maximum atomic E-state index is 4.35. The second-order valence-electron chi connectivity index (χ2n) is 3.71. The summed E-state index contributed by atoms with van der Waals surface area (Å²) >= 11 is 0. The molecule has 0 radical (unpaired) electrons. The van der Waals surface area contributed by atoms with Crippen molar-refractivity contribution in [1.82, 2.24) is 10.3 Å². The third kappa shape index (κ3) is 1.11. The number of hydrogen-bond acceptors (Lipinski definition) is 2. The number of benzene rings is 1. The first-order valence-electron chi connectivity index (χ1n) is 5.02. The molecule has 0 amide bonds. The lowest BCUT2D eigenvalue weighted by molar-refractivity contribution is 0.385. The minimum Gasteiger partial charge on any atom is -0.310 e. The van der Waals surface area contributed by atoms with E-state index < -0.39 is 0 Å². The van der Waals surface area contributed by atoms with E-state index >= 15 is 0 Å². The smallest absolute Gasteiger partial charge is 0.0705 e. The van der Waals surface area contributed by atoms with E-state index in [1.54, 1.807) is 0 Å². The number of aromatic nitrogens is 1. The summed E-state index contributed by atoms with van der Waals surface area (Å²) in [6.07, 6.45) is 3.14. The molecule has 0 bridgehead atoms. The van der Waals surface area contributed by atoms with Gasteiger partial charge in [-0.25, -0.2) is 0 Å². The van der Waals surface area contributed by atoms with Gasteiger partial charge in [0.2, 0.25) is 0 Å². The second kappa shape index (κ2) is 3.07. The fourth-order valence-electron chi connectivity index (χ4n) is 1.98. The number of hydrogen-bond donors (Lipinski definition) is 1. The number of nitrogens with zero attached hydrogens (tertiary/aromatic N) is 1. The Morgan fingerprint density at radius 3 is 2.86 bits per heavy atom. The van der Waals surface area contributed by atoms with Crippen LogP contribution in [0.1, 0.15) is 18.0 Å². The van der Waals surface area contributed by atoms with Crippen LogP contribution in [0.25, 0.3) is 10.9 Å². The average Bonchev–Trinajstić information content (AvgIpc) is 2.16. The highest BCUT2D eigenvalue weighted by Gasteiger charge is 2.20. The van der Waals surface area contributed by atoms with E-state index in [0.717, 1.165) is 12.1 Å². The van der Waals surface area contributed by atoms with Crippen molar-refractivity contribution >= 4 is 10.9 Å². The summed E-state index contributed by atoms with van der Waals surface area (Å²) < 4.78 is 0. The third-order valence-electron chi connectivity index (χ3n) is 2.88. The summed E-state index contributed by atoms with van der Waals surface area (Å²) in [7, 11) is 0. The summed E-state index contributed by atoms with van der Waals surface area (Å²) in [5.41, 5.74) is 2.49. The Hall–Kier alpha value is -1.41. The zero-order chi connectivity index (χ0) is 9.38. The molecule has 1 atom stereocenters. The quantitative estimate of drug-likeness (QED) is 0.735. The van der Waals surface area contributed by atoms with Crippen LogP contribution in [0.15, 0.2) is 36.5 Å². The van der Waals surface area contributed by atoms with Crippen molar-refractivity contribution in [3.8, 4) is 0 Å². The van der Waals surface area contributed by atoms with Crippen molar-refractivity contribution < 1.29 is 0 Å². The highest BCUT2D eigenvalue weighted by Crippen LogP contribution is 2.28. The maximum absolute atomic E-state index is 4.35. The van der Waals surface area contributed by atoms with Crippen molar-refractivity contribution in [2.24, 2.45) is 0 Å². The molecule has 1 saturated heterocycles. The largest absolute Gasteiger partial charge is 0.310 e.